The molecule has 1 atom stereocenters. The lowest BCUT2D eigenvalue weighted by Crippen LogP contribution is -2.43. The molecule has 2 N–H and O–H groups in total. The summed E-state index contributed by atoms with van der Waals surface area (Å²) in [6, 6.07) is 8.97. The molecule has 2 rings (SSSR count). The summed E-state index contributed by atoms with van der Waals surface area (Å²) < 4.78 is 0. The Hall–Kier alpha value is -2.06. The molecular formula is C14H17N3O2. The van der Waals surface area contributed by atoms with Crippen LogP contribution in [0.4, 0.5) is 4.79 Å². The summed E-state index contributed by atoms with van der Waals surface area (Å²) in [5.74, 6) is 0. The Morgan fingerprint density at radius 2 is 2.21 bits per heavy atom. The van der Waals surface area contributed by atoms with Crippen molar-refractivity contribution < 1.29 is 9.90 Å². The third-order valence-corrected chi connectivity index (χ3v) is 3.38. The first-order valence-corrected chi connectivity index (χ1v) is 6.39. The third-order valence-electron chi connectivity index (χ3n) is 3.38. The van der Waals surface area contributed by atoms with E-state index in [2.05, 4.69) is 11.4 Å². The highest BCUT2D eigenvalue weighted by Crippen LogP contribution is 2.16. The molecule has 0 spiro atoms. The van der Waals surface area contributed by atoms with Gasteiger partial charge >= 0.3 is 6.03 Å². The van der Waals surface area contributed by atoms with Crippen LogP contribution in [0.25, 0.3) is 0 Å². The van der Waals surface area contributed by atoms with E-state index in [0.29, 0.717) is 18.7 Å². The van der Waals surface area contributed by atoms with Gasteiger partial charge in [-0.05, 0) is 30.5 Å². The van der Waals surface area contributed by atoms with Crippen LogP contribution in [0.15, 0.2) is 24.3 Å². The average Bonchev–Trinajstić information content (AvgIpc) is 2.93. The summed E-state index contributed by atoms with van der Waals surface area (Å²) in [5.41, 5.74) is 1.56. The van der Waals surface area contributed by atoms with Gasteiger partial charge in [-0.3, -0.25) is 0 Å². The van der Waals surface area contributed by atoms with Gasteiger partial charge in [0.05, 0.1) is 24.3 Å². The van der Waals surface area contributed by atoms with Crippen LogP contribution in [0.2, 0.25) is 0 Å². The molecule has 1 aliphatic heterocycles. The van der Waals surface area contributed by atoms with Gasteiger partial charge in [-0.1, -0.05) is 12.1 Å². The molecule has 1 aliphatic rings. The molecule has 1 aromatic carbocycles. The molecule has 5 nitrogen and oxygen atoms in total. The zero-order chi connectivity index (χ0) is 13.7. The molecule has 1 aromatic rings. The molecule has 1 fully saturated rings. The Morgan fingerprint density at radius 3 is 2.84 bits per heavy atom. The van der Waals surface area contributed by atoms with Crippen LogP contribution in [0.5, 0.6) is 0 Å². The number of rotatable bonds is 3. The molecule has 0 saturated carbocycles. The average molecular weight is 259 g/mol. The van der Waals surface area contributed by atoms with Gasteiger partial charge in [0.1, 0.15) is 0 Å². The second kappa shape index (κ2) is 6.21. The van der Waals surface area contributed by atoms with Gasteiger partial charge in [-0.15, -0.1) is 0 Å². The van der Waals surface area contributed by atoms with E-state index >= 15 is 0 Å². The van der Waals surface area contributed by atoms with Gasteiger partial charge in [-0.25, -0.2) is 4.79 Å². The monoisotopic (exact) mass is 259 g/mol. The summed E-state index contributed by atoms with van der Waals surface area (Å²) >= 11 is 0. The predicted molar refractivity (Wildman–Crippen MR) is 70.2 cm³/mol. The van der Waals surface area contributed by atoms with Gasteiger partial charge in [0.15, 0.2) is 0 Å². The minimum Gasteiger partial charge on any atom is -0.394 e. The number of hydrogen-bond acceptors (Lipinski definition) is 3. The number of urea groups is 1. The van der Waals surface area contributed by atoms with Crippen LogP contribution in [0, 0.1) is 11.3 Å². The molecule has 5 heteroatoms. The van der Waals surface area contributed by atoms with Crippen LogP contribution in [0.1, 0.15) is 24.0 Å². The number of nitriles is 1. The first-order valence-electron chi connectivity index (χ1n) is 6.39. The Kier molecular flexibility index (Phi) is 4.37. The maximum absolute atomic E-state index is 12.0. The number of nitrogens with zero attached hydrogens (tertiary/aromatic N) is 2. The van der Waals surface area contributed by atoms with Crippen LogP contribution in [-0.2, 0) is 6.54 Å². The molecule has 19 heavy (non-hydrogen) atoms. The number of aliphatic hydroxyl groups is 1. The van der Waals surface area contributed by atoms with Crippen LogP contribution in [0.3, 0.4) is 0 Å². The molecule has 1 saturated heterocycles. The summed E-state index contributed by atoms with van der Waals surface area (Å²) in [6.45, 7) is 1.15. The van der Waals surface area contributed by atoms with E-state index in [-0.39, 0.29) is 18.7 Å². The molecule has 2 amide bonds. The van der Waals surface area contributed by atoms with Gasteiger partial charge in [0.2, 0.25) is 0 Å². The van der Waals surface area contributed by atoms with Crippen molar-refractivity contribution in [2.24, 2.45) is 0 Å². The fourth-order valence-electron chi connectivity index (χ4n) is 2.27. The zero-order valence-corrected chi connectivity index (χ0v) is 10.7. The first kappa shape index (κ1) is 13.4. The zero-order valence-electron chi connectivity index (χ0n) is 10.7. The Labute approximate surface area is 112 Å². The molecule has 0 radical (unpaired) electrons. The van der Waals surface area contributed by atoms with Gasteiger partial charge in [0.25, 0.3) is 0 Å². The van der Waals surface area contributed by atoms with Crippen molar-refractivity contribution >= 4 is 6.03 Å². The van der Waals surface area contributed by atoms with Crippen molar-refractivity contribution in [1.82, 2.24) is 10.2 Å². The van der Waals surface area contributed by atoms with Gasteiger partial charge in [0, 0.05) is 13.1 Å². The van der Waals surface area contributed by atoms with Crippen molar-refractivity contribution in [3.8, 4) is 6.07 Å². The minimum atomic E-state index is -0.138. The molecule has 1 heterocycles. The summed E-state index contributed by atoms with van der Waals surface area (Å²) in [5, 5.41) is 20.7. The Morgan fingerprint density at radius 1 is 1.47 bits per heavy atom. The fourth-order valence-corrected chi connectivity index (χ4v) is 2.27. The summed E-state index contributed by atoms with van der Waals surface area (Å²) in [7, 11) is 0. The lowest BCUT2D eigenvalue weighted by molar-refractivity contribution is 0.157. The quantitative estimate of drug-likeness (QED) is 0.857. The van der Waals surface area contributed by atoms with Crippen molar-refractivity contribution in [2.45, 2.75) is 25.4 Å². The molecule has 0 aromatic heterocycles. The molecule has 0 aliphatic carbocycles. The number of nitrogens with one attached hydrogen (secondary N) is 1. The number of amides is 2. The molecule has 0 bridgehead atoms. The highest BCUT2D eigenvalue weighted by atomic mass is 16.3. The largest absolute Gasteiger partial charge is 0.394 e. The Balaban J connectivity index is 1.87. The fraction of sp³-hybridized carbons (Fsp3) is 0.429. The lowest BCUT2D eigenvalue weighted by atomic mass is 10.1. The molecular weight excluding hydrogens is 242 g/mol. The number of carbonyl (C=O) groups excluding carboxylic acids is 1. The van der Waals surface area contributed by atoms with Crippen molar-refractivity contribution in [3.05, 3.63) is 35.4 Å². The van der Waals surface area contributed by atoms with E-state index in [0.717, 1.165) is 18.4 Å². The van der Waals surface area contributed by atoms with E-state index in [9.17, 15) is 9.90 Å². The van der Waals surface area contributed by atoms with Crippen LogP contribution in [-0.4, -0.2) is 35.2 Å². The predicted octanol–water partition coefficient (Wildman–Crippen LogP) is 1.22. The normalized spacial score (nSPS) is 18.1. The van der Waals surface area contributed by atoms with E-state index in [4.69, 9.17) is 5.26 Å². The second-order valence-electron chi connectivity index (χ2n) is 4.64. The topological polar surface area (TPSA) is 76.4 Å². The molecule has 0 unspecified atom stereocenters. The van der Waals surface area contributed by atoms with Crippen molar-refractivity contribution in [1.29, 1.82) is 5.26 Å². The standard InChI is InChI=1S/C14H17N3O2/c15-8-11-3-5-12(6-4-11)9-16-14(19)17-7-1-2-13(17)10-18/h3-6,13,18H,1-2,7,9-10H2,(H,16,19)/t13-/m0/s1. The summed E-state index contributed by atoms with van der Waals surface area (Å²) in [4.78, 5) is 13.6. The number of benzene rings is 1. The highest BCUT2D eigenvalue weighted by molar-refractivity contribution is 5.74. The van der Waals surface area contributed by atoms with E-state index in [1.807, 2.05) is 12.1 Å². The van der Waals surface area contributed by atoms with Crippen molar-refractivity contribution in [2.75, 3.05) is 13.2 Å². The lowest BCUT2D eigenvalue weighted by Gasteiger charge is -2.23. The summed E-state index contributed by atoms with van der Waals surface area (Å²) in [6.07, 6.45) is 1.80. The number of carbonyl (C=O) groups is 1. The number of likely N-dealkylation sites (tertiary alicyclic amines) is 1. The van der Waals surface area contributed by atoms with Crippen LogP contribution < -0.4 is 5.32 Å². The van der Waals surface area contributed by atoms with Gasteiger partial charge < -0.3 is 15.3 Å². The maximum Gasteiger partial charge on any atom is 0.317 e. The number of hydrogen-bond donors (Lipinski definition) is 2. The van der Waals surface area contributed by atoms with Gasteiger partial charge in [-0.2, -0.15) is 5.26 Å². The van der Waals surface area contributed by atoms with Crippen molar-refractivity contribution in [3.63, 3.8) is 0 Å². The first-order chi connectivity index (χ1) is 9.24. The minimum absolute atomic E-state index is 0.0181. The third kappa shape index (κ3) is 3.24. The number of aliphatic hydroxyl groups excluding tert-OH is 1. The SMILES string of the molecule is N#Cc1ccc(CNC(=O)N2CCC[C@H]2CO)cc1. The highest BCUT2D eigenvalue weighted by Gasteiger charge is 2.27. The molecule has 100 valence electrons. The van der Waals surface area contributed by atoms with E-state index < -0.39 is 0 Å². The van der Waals surface area contributed by atoms with E-state index in [1.54, 1.807) is 17.0 Å². The van der Waals surface area contributed by atoms with E-state index in [1.165, 1.54) is 0 Å². The second-order valence-corrected chi connectivity index (χ2v) is 4.64. The Bertz CT molecular complexity index is 478. The smallest absolute Gasteiger partial charge is 0.317 e. The van der Waals surface area contributed by atoms with Crippen LogP contribution >= 0.6 is 0 Å². The maximum atomic E-state index is 12.0.